The molecule has 150 valence electrons. The monoisotopic (exact) mass is 419 g/mol. The van der Waals surface area contributed by atoms with E-state index >= 15 is 0 Å². The SMILES string of the molecule is CS(=O)(=O)CCC(=O)N1CCC2(CC1)OCCc1cc(-c3ccccc3)sc12. The van der Waals surface area contributed by atoms with Gasteiger partial charge in [0.2, 0.25) is 5.91 Å². The van der Waals surface area contributed by atoms with Gasteiger partial charge in [-0.15, -0.1) is 11.3 Å². The third kappa shape index (κ3) is 4.02. The molecule has 7 heteroatoms. The van der Waals surface area contributed by atoms with Gasteiger partial charge in [-0.25, -0.2) is 8.42 Å². The minimum absolute atomic E-state index is 0.0646. The van der Waals surface area contributed by atoms with E-state index in [0.29, 0.717) is 19.7 Å². The van der Waals surface area contributed by atoms with Gasteiger partial charge in [0, 0.05) is 35.5 Å². The van der Waals surface area contributed by atoms with Crippen molar-refractivity contribution in [2.24, 2.45) is 0 Å². The average molecular weight is 420 g/mol. The summed E-state index contributed by atoms with van der Waals surface area (Å²) in [6.45, 7) is 1.93. The largest absolute Gasteiger partial charge is 0.369 e. The second kappa shape index (κ2) is 7.61. The highest BCUT2D eigenvalue weighted by atomic mass is 32.2. The van der Waals surface area contributed by atoms with Crippen molar-refractivity contribution < 1.29 is 17.9 Å². The fraction of sp³-hybridized carbons (Fsp3) is 0.476. The maximum absolute atomic E-state index is 12.4. The molecule has 1 spiro atoms. The van der Waals surface area contributed by atoms with Crippen LogP contribution in [0.25, 0.3) is 10.4 Å². The standard InChI is InChI=1S/C21H25NO4S2/c1-28(24,25)14-8-19(23)22-11-9-21(10-12-22)20-17(7-13-26-21)15-18(27-20)16-5-3-2-4-6-16/h2-6,15H,7-14H2,1H3. The molecule has 0 N–H and O–H groups in total. The summed E-state index contributed by atoms with van der Waals surface area (Å²) >= 11 is 1.81. The van der Waals surface area contributed by atoms with E-state index in [1.165, 1.54) is 27.1 Å². The van der Waals surface area contributed by atoms with Crippen molar-refractivity contribution in [3.8, 4) is 10.4 Å². The fourth-order valence-corrected chi connectivity index (χ4v) is 6.05. The smallest absolute Gasteiger partial charge is 0.223 e. The number of hydrogen-bond acceptors (Lipinski definition) is 5. The summed E-state index contributed by atoms with van der Waals surface area (Å²) < 4.78 is 29.0. The molecule has 0 aliphatic carbocycles. The molecule has 3 heterocycles. The lowest BCUT2D eigenvalue weighted by Gasteiger charge is -2.43. The van der Waals surface area contributed by atoms with Crippen LogP contribution in [0.3, 0.4) is 0 Å². The van der Waals surface area contributed by atoms with Crippen molar-refractivity contribution in [1.82, 2.24) is 4.90 Å². The van der Waals surface area contributed by atoms with Crippen LogP contribution in [-0.2, 0) is 31.4 Å². The minimum atomic E-state index is -3.12. The first-order valence-corrected chi connectivity index (χ1v) is 12.5. The number of piperidine rings is 1. The van der Waals surface area contributed by atoms with Gasteiger partial charge in [0.1, 0.15) is 15.4 Å². The molecule has 1 fully saturated rings. The lowest BCUT2D eigenvalue weighted by Crippen LogP contribution is -2.48. The van der Waals surface area contributed by atoms with E-state index in [1.807, 2.05) is 17.4 Å². The number of fused-ring (bicyclic) bond motifs is 2. The van der Waals surface area contributed by atoms with E-state index in [1.54, 1.807) is 4.90 Å². The second-order valence-electron chi connectivity index (χ2n) is 7.68. The van der Waals surface area contributed by atoms with Crippen LogP contribution in [0, 0.1) is 0 Å². The van der Waals surface area contributed by atoms with E-state index in [9.17, 15) is 13.2 Å². The number of ether oxygens (including phenoxy) is 1. The van der Waals surface area contributed by atoms with Gasteiger partial charge < -0.3 is 9.64 Å². The number of likely N-dealkylation sites (tertiary alicyclic amines) is 1. The molecule has 2 aliphatic heterocycles. The minimum Gasteiger partial charge on any atom is -0.369 e. The van der Waals surface area contributed by atoms with Crippen LogP contribution < -0.4 is 0 Å². The molecule has 0 atom stereocenters. The molecule has 28 heavy (non-hydrogen) atoms. The Balaban J connectivity index is 1.49. The van der Waals surface area contributed by atoms with Crippen LogP contribution in [-0.4, -0.2) is 50.9 Å². The summed E-state index contributed by atoms with van der Waals surface area (Å²) in [7, 11) is -3.12. The summed E-state index contributed by atoms with van der Waals surface area (Å²) in [5, 5.41) is 0. The van der Waals surface area contributed by atoms with Gasteiger partial charge in [-0.3, -0.25) is 4.79 Å². The Hall–Kier alpha value is -1.70. The molecule has 0 unspecified atom stereocenters. The molecule has 2 aromatic rings. The van der Waals surface area contributed by atoms with Crippen molar-refractivity contribution in [3.63, 3.8) is 0 Å². The number of nitrogens with zero attached hydrogens (tertiary/aromatic N) is 1. The average Bonchev–Trinajstić information content (AvgIpc) is 3.13. The molecule has 4 rings (SSSR count). The maximum Gasteiger partial charge on any atom is 0.223 e. The van der Waals surface area contributed by atoms with Gasteiger partial charge in [-0.1, -0.05) is 30.3 Å². The fourth-order valence-electron chi connectivity index (χ4n) is 4.09. The van der Waals surface area contributed by atoms with Gasteiger partial charge >= 0.3 is 0 Å². The Kier molecular flexibility index (Phi) is 5.33. The van der Waals surface area contributed by atoms with Crippen molar-refractivity contribution in [2.75, 3.05) is 31.7 Å². The predicted octanol–water partition coefficient (Wildman–Crippen LogP) is 3.24. The molecule has 1 aromatic heterocycles. The lowest BCUT2D eigenvalue weighted by molar-refractivity contribution is -0.139. The highest BCUT2D eigenvalue weighted by molar-refractivity contribution is 7.90. The first-order valence-electron chi connectivity index (χ1n) is 9.64. The van der Waals surface area contributed by atoms with Crippen molar-refractivity contribution in [1.29, 1.82) is 0 Å². The number of rotatable bonds is 4. The van der Waals surface area contributed by atoms with E-state index in [2.05, 4.69) is 30.3 Å². The first kappa shape index (κ1) is 19.6. The van der Waals surface area contributed by atoms with Crippen molar-refractivity contribution in [3.05, 3.63) is 46.8 Å². The molecule has 1 amide bonds. The van der Waals surface area contributed by atoms with Crippen LogP contribution in [0.15, 0.2) is 36.4 Å². The Bertz CT molecular complexity index is 958. The lowest BCUT2D eigenvalue weighted by atomic mass is 9.85. The molecule has 2 aliphatic rings. The Morgan fingerprint density at radius 1 is 1.21 bits per heavy atom. The van der Waals surface area contributed by atoms with Crippen molar-refractivity contribution >= 4 is 27.1 Å². The maximum atomic E-state index is 12.4. The zero-order chi connectivity index (χ0) is 19.8. The molecule has 1 aromatic carbocycles. The van der Waals surface area contributed by atoms with Gasteiger partial charge in [0.25, 0.3) is 0 Å². The van der Waals surface area contributed by atoms with E-state index in [-0.39, 0.29) is 23.7 Å². The summed E-state index contributed by atoms with van der Waals surface area (Å²) in [5.74, 6) is -0.160. The Labute approximate surface area is 170 Å². The van der Waals surface area contributed by atoms with Crippen LogP contribution in [0.2, 0.25) is 0 Å². The molecule has 5 nitrogen and oxygen atoms in total. The molecule has 0 radical (unpaired) electrons. The number of carbonyl (C=O) groups is 1. The predicted molar refractivity (Wildman–Crippen MR) is 111 cm³/mol. The topological polar surface area (TPSA) is 63.7 Å². The summed E-state index contributed by atoms with van der Waals surface area (Å²) in [6.07, 6.45) is 3.69. The van der Waals surface area contributed by atoms with Crippen molar-refractivity contribution in [2.45, 2.75) is 31.3 Å². The molecular formula is C21H25NO4S2. The second-order valence-corrected chi connectivity index (χ2v) is 11.0. The number of carbonyl (C=O) groups excluding carboxylic acids is 1. The number of benzene rings is 1. The molecule has 1 saturated heterocycles. The van der Waals surface area contributed by atoms with Crippen LogP contribution in [0.4, 0.5) is 0 Å². The highest BCUT2D eigenvalue weighted by Crippen LogP contribution is 2.47. The number of thiophene rings is 1. The summed E-state index contributed by atoms with van der Waals surface area (Å²) in [4.78, 5) is 16.7. The summed E-state index contributed by atoms with van der Waals surface area (Å²) in [5.41, 5.74) is 2.29. The third-order valence-corrected chi connectivity index (χ3v) is 8.00. The van der Waals surface area contributed by atoms with E-state index in [0.717, 1.165) is 19.3 Å². The quantitative estimate of drug-likeness (QED) is 0.763. The van der Waals surface area contributed by atoms with E-state index < -0.39 is 9.84 Å². The zero-order valence-electron chi connectivity index (χ0n) is 16.0. The van der Waals surface area contributed by atoms with Gasteiger partial charge in [-0.2, -0.15) is 0 Å². The Morgan fingerprint density at radius 2 is 1.93 bits per heavy atom. The first-order chi connectivity index (χ1) is 13.4. The molecule has 0 bridgehead atoms. The molecule has 0 saturated carbocycles. The van der Waals surface area contributed by atoms with Crippen LogP contribution >= 0.6 is 11.3 Å². The number of amides is 1. The third-order valence-electron chi connectivity index (χ3n) is 5.64. The highest BCUT2D eigenvalue weighted by Gasteiger charge is 2.43. The van der Waals surface area contributed by atoms with Gasteiger partial charge in [-0.05, 0) is 36.5 Å². The van der Waals surface area contributed by atoms with Crippen LogP contribution in [0.5, 0.6) is 0 Å². The number of hydrogen-bond donors (Lipinski definition) is 0. The summed E-state index contributed by atoms with van der Waals surface area (Å²) in [6, 6.07) is 12.7. The normalized spacial score (nSPS) is 18.8. The van der Waals surface area contributed by atoms with Crippen LogP contribution in [0.1, 0.15) is 29.7 Å². The zero-order valence-corrected chi connectivity index (χ0v) is 17.7. The molecular weight excluding hydrogens is 394 g/mol. The van der Waals surface area contributed by atoms with Gasteiger partial charge in [0.15, 0.2) is 0 Å². The van der Waals surface area contributed by atoms with Gasteiger partial charge in [0.05, 0.1) is 12.4 Å². The van der Waals surface area contributed by atoms with E-state index in [4.69, 9.17) is 4.74 Å². The Morgan fingerprint density at radius 3 is 2.61 bits per heavy atom. The number of sulfone groups is 1.